The molecule has 5 nitrogen and oxygen atoms in total. The van der Waals surface area contributed by atoms with Gasteiger partial charge in [-0.2, -0.15) is 0 Å². The Bertz CT molecular complexity index is 369. The Balaban J connectivity index is 2.57. The van der Waals surface area contributed by atoms with Gasteiger partial charge in [0.05, 0.1) is 13.2 Å². The highest BCUT2D eigenvalue weighted by Crippen LogP contribution is 2.23. The van der Waals surface area contributed by atoms with Crippen LogP contribution in [0.15, 0.2) is 24.3 Å². The second kappa shape index (κ2) is 6.88. The molecule has 1 amide bonds. The summed E-state index contributed by atoms with van der Waals surface area (Å²) in [5, 5.41) is 12.5. The van der Waals surface area contributed by atoms with Crippen molar-refractivity contribution < 1.29 is 14.6 Å². The van der Waals surface area contributed by atoms with E-state index in [4.69, 9.17) is 10.5 Å². The Morgan fingerprint density at radius 2 is 2.24 bits per heavy atom. The first-order valence-corrected chi connectivity index (χ1v) is 5.46. The van der Waals surface area contributed by atoms with E-state index in [1.807, 2.05) is 12.1 Å². The molecular weight excluding hydrogens is 220 g/mol. The lowest BCUT2D eigenvalue weighted by molar-refractivity contribution is -0.121. The third-order valence-corrected chi connectivity index (χ3v) is 2.36. The number of benzene rings is 1. The normalized spacial score (nSPS) is 11.9. The molecule has 0 aliphatic heterocycles. The zero-order valence-electron chi connectivity index (χ0n) is 9.85. The minimum Gasteiger partial charge on any atom is -0.496 e. The van der Waals surface area contributed by atoms with Crippen LogP contribution in [0.1, 0.15) is 18.1 Å². The van der Waals surface area contributed by atoms with Gasteiger partial charge in [0.25, 0.3) is 0 Å². The molecule has 0 fully saturated rings. The van der Waals surface area contributed by atoms with Crippen molar-refractivity contribution in [3.05, 3.63) is 29.8 Å². The molecule has 1 unspecified atom stereocenters. The van der Waals surface area contributed by atoms with E-state index in [1.165, 1.54) is 0 Å². The van der Waals surface area contributed by atoms with Crippen LogP contribution in [0.2, 0.25) is 0 Å². The number of hydrogen-bond donors (Lipinski definition) is 3. The van der Waals surface area contributed by atoms with Gasteiger partial charge in [0.1, 0.15) is 5.75 Å². The van der Waals surface area contributed by atoms with Crippen molar-refractivity contribution in [3.63, 3.8) is 0 Å². The van der Waals surface area contributed by atoms with E-state index in [2.05, 4.69) is 5.32 Å². The van der Waals surface area contributed by atoms with Gasteiger partial charge in [-0.1, -0.05) is 18.2 Å². The first-order chi connectivity index (χ1) is 8.19. The first kappa shape index (κ1) is 13.5. The lowest BCUT2D eigenvalue weighted by Crippen LogP contribution is -2.29. The Morgan fingerprint density at radius 3 is 2.88 bits per heavy atom. The van der Waals surface area contributed by atoms with E-state index < -0.39 is 6.10 Å². The number of carbonyl (C=O) groups is 1. The highest BCUT2D eigenvalue weighted by molar-refractivity contribution is 5.76. The molecule has 0 heterocycles. The molecule has 5 heteroatoms. The largest absolute Gasteiger partial charge is 0.496 e. The number of rotatable bonds is 6. The van der Waals surface area contributed by atoms with Gasteiger partial charge in [-0.05, 0) is 6.07 Å². The van der Waals surface area contributed by atoms with Crippen molar-refractivity contribution in [2.24, 2.45) is 5.73 Å². The molecule has 0 saturated heterocycles. The van der Waals surface area contributed by atoms with E-state index in [9.17, 15) is 9.90 Å². The summed E-state index contributed by atoms with van der Waals surface area (Å²) in [6, 6.07) is 7.16. The summed E-state index contributed by atoms with van der Waals surface area (Å²) in [6.45, 7) is 0.454. The molecule has 17 heavy (non-hydrogen) atoms. The predicted octanol–water partition coefficient (Wildman–Crippen LogP) is 0.194. The summed E-state index contributed by atoms with van der Waals surface area (Å²) in [6.07, 6.45) is -0.522. The van der Waals surface area contributed by atoms with Gasteiger partial charge < -0.3 is 20.9 Å². The molecule has 0 saturated carbocycles. The fourth-order valence-corrected chi connectivity index (χ4v) is 1.48. The average molecular weight is 238 g/mol. The van der Waals surface area contributed by atoms with Gasteiger partial charge in [0, 0.05) is 25.1 Å². The highest BCUT2D eigenvalue weighted by Gasteiger charge is 2.13. The smallest absolute Gasteiger partial charge is 0.221 e. The Hall–Kier alpha value is -1.59. The predicted molar refractivity (Wildman–Crippen MR) is 64.6 cm³/mol. The molecule has 1 rings (SSSR count). The molecule has 1 aromatic rings. The third kappa shape index (κ3) is 4.05. The monoisotopic (exact) mass is 238 g/mol. The second-order valence-electron chi connectivity index (χ2n) is 3.60. The molecule has 0 aromatic heterocycles. The van der Waals surface area contributed by atoms with Crippen molar-refractivity contribution in [2.45, 2.75) is 12.5 Å². The fraction of sp³-hybridized carbons (Fsp3) is 0.417. The van der Waals surface area contributed by atoms with Gasteiger partial charge in [-0.15, -0.1) is 0 Å². The zero-order chi connectivity index (χ0) is 12.7. The van der Waals surface area contributed by atoms with Gasteiger partial charge in [0.2, 0.25) is 5.91 Å². The first-order valence-electron chi connectivity index (χ1n) is 5.46. The van der Waals surface area contributed by atoms with Crippen LogP contribution < -0.4 is 15.8 Å². The molecule has 0 spiro atoms. The third-order valence-electron chi connectivity index (χ3n) is 2.36. The quantitative estimate of drug-likeness (QED) is 0.660. The number of methoxy groups -OCH3 is 1. The average Bonchev–Trinajstić information content (AvgIpc) is 2.36. The van der Waals surface area contributed by atoms with Crippen LogP contribution in [0.5, 0.6) is 5.75 Å². The van der Waals surface area contributed by atoms with Crippen LogP contribution in [-0.2, 0) is 4.79 Å². The number of amides is 1. The lowest BCUT2D eigenvalue weighted by Gasteiger charge is -2.15. The molecule has 94 valence electrons. The zero-order valence-corrected chi connectivity index (χ0v) is 9.85. The minimum atomic E-state index is -0.784. The Kier molecular flexibility index (Phi) is 5.45. The number of ether oxygens (including phenoxy) is 1. The number of nitrogens with one attached hydrogen (secondary N) is 1. The van der Waals surface area contributed by atoms with Crippen molar-refractivity contribution in [1.82, 2.24) is 5.32 Å². The lowest BCUT2D eigenvalue weighted by atomic mass is 10.1. The maximum atomic E-state index is 11.2. The summed E-state index contributed by atoms with van der Waals surface area (Å²) in [7, 11) is 1.54. The summed E-state index contributed by atoms with van der Waals surface area (Å²) in [5.74, 6) is 0.439. The van der Waals surface area contributed by atoms with Crippen LogP contribution in [0, 0.1) is 0 Å². The molecule has 4 N–H and O–H groups in total. The Labute approximate surface area is 101 Å². The molecule has 1 aromatic carbocycles. The molecule has 0 radical (unpaired) electrons. The number of carbonyl (C=O) groups excluding carboxylic acids is 1. The maximum absolute atomic E-state index is 11.2. The van der Waals surface area contributed by atoms with E-state index in [0.29, 0.717) is 17.9 Å². The van der Waals surface area contributed by atoms with Crippen LogP contribution in [-0.4, -0.2) is 31.2 Å². The van der Waals surface area contributed by atoms with Gasteiger partial charge in [-0.25, -0.2) is 0 Å². The summed E-state index contributed by atoms with van der Waals surface area (Å²) >= 11 is 0. The number of para-hydroxylation sites is 1. The number of aliphatic hydroxyl groups is 1. The van der Waals surface area contributed by atoms with Crippen molar-refractivity contribution >= 4 is 5.91 Å². The minimum absolute atomic E-state index is 0.152. The topological polar surface area (TPSA) is 84.6 Å². The maximum Gasteiger partial charge on any atom is 0.221 e. The van der Waals surface area contributed by atoms with Crippen LogP contribution in [0.4, 0.5) is 0 Å². The SMILES string of the molecule is COc1ccccc1C(O)CNC(=O)CCN. The van der Waals surface area contributed by atoms with E-state index in [0.717, 1.165) is 0 Å². The summed E-state index contributed by atoms with van der Waals surface area (Å²) < 4.78 is 5.13. The van der Waals surface area contributed by atoms with E-state index in [1.54, 1.807) is 19.2 Å². The van der Waals surface area contributed by atoms with Crippen LogP contribution in [0.3, 0.4) is 0 Å². The van der Waals surface area contributed by atoms with Crippen molar-refractivity contribution in [3.8, 4) is 5.75 Å². The molecule has 1 atom stereocenters. The second-order valence-corrected chi connectivity index (χ2v) is 3.60. The summed E-state index contributed by atoms with van der Waals surface area (Å²) in [4.78, 5) is 11.2. The Morgan fingerprint density at radius 1 is 1.53 bits per heavy atom. The molecule has 0 aliphatic rings. The highest BCUT2D eigenvalue weighted by atomic mass is 16.5. The van der Waals surface area contributed by atoms with E-state index >= 15 is 0 Å². The number of hydrogen-bond acceptors (Lipinski definition) is 4. The molecule has 0 aliphatic carbocycles. The van der Waals surface area contributed by atoms with Crippen LogP contribution >= 0.6 is 0 Å². The molecule has 0 bridgehead atoms. The van der Waals surface area contributed by atoms with Gasteiger partial charge >= 0.3 is 0 Å². The van der Waals surface area contributed by atoms with Crippen LogP contribution in [0.25, 0.3) is 0 Å². The van der Waals surface area contributed by atoms with E-state index in [-0.39, 0.29) is 18.9 Å². The number of aliphatic hydroxyl groups excluding tert-OH is 1. The summed E-state index contributed by atoms with van der Waals surface area (Å²) in [5.41, 5.74) is 5.90. The fourth-order valence-electron chi connectivity index (χ4n) is 1.48. The van der Waals surface area contributed by atoms with Crippen molar-refractivity contribution in [1.29, 1.82) is 0 Å². The van der Waals surface area contributed by atoms with Crippen molar-refractivity contribution in [2.75, 3.05) is 20.2 Å². The van der Waals surface area contributed by atoms with Gasteiger partial charge in [-0.3, -0.25) is 4.79 Å². The van der Waals surface area contributed by atoms with Gasteiger partial charge in [0.15, 0.2) is 0 Å². The molecular formula is C12H18N2O3. The number of nitrogens with two attached hydrogens (primary N) is 1. The standard InChI is InChI=1S/C12H18N2O3/c1-17-11-5-3-2-4-9(11)10(15)8-14-12(16)6-7-13/h2-5,10,15H,6-8,13H2,1H3,(H,14,16).